The summed E-state index contributed by atoms with van der Waals surface area (Å²) < 4.78 is 0. The summed E-state index contributed by atoms with van der Waals surface area (Å²) in [6, 6.07) is 14.6. The number of carbonyl (C=O) groups is 1. The van der Waals surface area contributed by atoms with Crippen LogP contribution in [0.4, 0.5) is 4.79 Å². The molecule has 0 bridgehead atoms. The minimum Gasteiger partial charge on any atom is -0.334 e. The summed E-state index contributed by atoms with van der Waals surface area (Å²) in [7, 11) is 0. The van der Waals surface area contributed by atoms with Crippen LogP contribution in [0.3, 0.4) is 0 Å². The highest BCUT2D eigenvalue weighted by molar-refractivity contribution is 6.30. The minimum absolute atomic E-state index is 0.227. The largest absolute Gasteiger partial charge is 0.334 e. The van der Waals surface area contributed by atoms with Gasteiger partial charge in [0.2, 0.25) is 0 Å². The Kier molecular flexibility index (Phi) is 5.33. The van der Waals surface area contributed by atoms with Crippen molar-refractivity contribution in [3.05, 3.63) is 69.7 Å². The number of rotatable bonds is 4. The lowest BCUT2D eigenvalue weighted by Gasteiger charge is -2.27. The van der Waals surface area contributed by atoms with E-state index in [0.29, 0.717) is 16.6 Å². The average Bonchev–Trinajstić information content (AvgIpc) is 2.46. The monoisotopic (exact) mass is 336 g/mol. The number of hydrogen-bond acceptors (Lipinski definition) is 1. The summed E-state index contributed by atoms with van der Waals surface area (Å²) in [5.41, 5.74) is 1.48. The molecule has 0 aromatic heterocycles. The summed E-state index contributed by atoms with van der Waals surface area (Å²) in [6.07, 6.45) is 0. The molecule has 0 unspecified atom stereocenters. The lowest BCUT2D eigenvalue weighted by molar-refractivity contribution is 0.229. The Bertz CT molecular complexity index is 637. The molecule has 2 amide bonds. The SMILES string of the molecule is CC(C)(NC(=O)NCc1ccc(Cl)cc1)c1ccc(Cl)cc1. The molecule has 0 aliphatic rings. The number of nitrogens with one attached hydrogen (secondary N) is 2. The normalized spacial score (nSPS) is 11.1. The lowest BCUT2D eigenvalue weighted by Crippen LogP contribution is -2.46. The van der Waals surface area contributed by atoms with E-state index >= 15 is 0 Å². The number of benzene rings is 2. The average molecular weight is 337 g/mol. The van der Waals surface area contributed by atoms with Crippen molar-refractivity contribution in [1.82, 2.24) is 10.6 Å². The smallest absolute Gasteiger partial charge is 0.315 e. The van der Waals surface area contributed by atoms with Crippen LogP contribution in [-0.2, 0) is 12.1 Å². The first-order chi connectivity index (χ1) is 10.4. The highest BCUT2D eigenvalue weighted by Crippen LogP contribution is 2.21. The molecule has 0 saturated heterocycles. The van der Waals surface area contributed by atoms with Gasteiger partial charge in [-0.15, -0.1) is 0 Å². The van der Waals surface area contributed by atoms with Gasteiger partial charge in [0.1, 0.15) is 0 Å². The van der Waals surface area contributed by atoms with E-state index in [1.165, 1.54) is 0 Å². The zero-order valence-corrected chi connectivity index (χ0v) is 14.0. The number of hydrogen-bond donors (Lipinski definition) is 2. The van der Waals surface area contributed by atoms with Crippen LogP contribution in [0.15, 0.2) is 48.5 Å². The van der Waals surface area contributed by atoms with Crippen LogP contribution in [0, 0.1) is 0 Å². The molecular formula is C17H18Cl2N2O. The van der Waals surface area contributed by atoms with Crippen molar-refractivity contribution in [2.45, 2.75) is 25.9 Å². The Morgan fingerprint density at radius 1 is 0.955 bits per heavy atom. The number of urea groups is 1. The summed E-state index contributed by atoms with van der Waals surface area (Å²) in [5.74, 6) is 0. The third-order valence-corrected chi connectivity index (χ3v) is 3.86. The second-order valence-electron chi connectivity index (χ2n) is 5.57. The van der Waals surface area contributed by atoms with Crippen LogP contribution < -0.4 is 10.6 Å². The molecule has 2 aromatic rings. The molecular weight excluding hydrogens is 319 g/mol. The van der Waals surface area contributed by atoms with Gasteiger partial charge in [-0.25, -0.2) is 4.79 Å². The Hall–Kier alpha value is -1.71. The molecule has 0 saturated carbocycles. The van der Waals surface area contributed by atoms with Crippen molar-refractivity contribution in [2.75, 3.05) is 0 Å². The molecule has 3 nitrogen and oxygen atoms in total. The number of halogens is 2. The van der Waals surface area contributed by atoms with Gasteiger partial charge >= 0.3 is 6.03 Å². The quantitative estimate of drug-likeness (QED) is 0.832. The van der Waals surface area contributed by atoms with Gasteiger partial charge in [-0.2, -0.15) is 0 Å². The highest BCUT2D eigenvalue weighted by atomic mass is 35.5. The van der Waals surface area contributed by atoms with Crippen molar-refractivity contribution < 1.29 is 4.79 Å². The van der Waals surface area contributed by atoms with E-state index in [4.69, 9.17) is 23.2 Å². The van der Waals surface area contributed by atoms with Gasteiger partial charge in [0.15, 0.2) is 0 Å². The first-order valence-electron chi connectivity index (χ1n) is 6.93. The fraction of sp³-hybridized carbons (Fsp3) is 0.235. The van der Waals surface area contributed by atoms with E-state index in [-0.39, 0.29) is 6.03 Å². The van der Waals surface area contributed by atoms with Gasteiger partial charge in [0.25, 0.3) is 0 Å². The summed E-state index contributed by atoms with van der Waals surface area (Å²) in [4.78, 5) is 12.1. The first kappa shape index (κ1) is 16.7. The molecule has 2 N–H and O–H groups in total. The van der Waals surface area contributed by atoms with Gasteiger partial charge in [0, 0.05) is 16.6 Å². The zero-order valence-electron chi connectivity index (χ0n) is 12.5. The third-order valence-electron chi connectivity index (χ3n) is 3.36. The van der Waals surface area contributed by atoms with Gasteiger partial charge < -0.3 is 10.6 Å². The molecule has 5 heteroatoms. The third kappa shape index (κ3) is 4.65. The molecule has 2 aromatic carbocycles. The van der Waals surface area contributed by atoms with Crippen molar-refractivity contribution in [2.24, 2.45) is 0 Å². The van der Waals surface area contributed by atoms with Crippen LogP contribution in [0.25, 0.3) is 0 Å². The molecule has 2 rings (SSSR count). The predicted octanol–water partition coefficient (Wildman–Crippen LogP) is 4.73. The summed E-state index contributed by atoms with van der Waals surface area (Å²) in [6.45, 7) is 4.33. The molecule has 0 spiro atoms. The van der Waals surface area contributed by atoms with Crippen LogP contribution >= 0.6 is 23.2 Å². The molecule has 22 heavy (non-hydrogen) atoms. The number of carbonyl (C=O) groups excluding carboxylic acids is 1. The number of amides is 2. The van der Waals surface area contributed by atoms with Crippen molar-refractivity contribution in [3.63, 3.8) is 0 Å². The van der Waals surface area contributed by atoms with Crippen LogP contribution in [-0.4, -0.2) is 6.03 Å². The second kappa shape index (κ2) is 7.03. The topological polar surface area (TPSA) is 41.1 Å². The minimum atomic E-state index is -0.491. The molecule has 0 radical (unpaired) electrons. The maximum absolute atomic E-state index is 12.1. The van der Waals surface area contributed by atoms with E-state index in [2.05, 4.69) is 10.6 Å². The van der Waals surface area contributed by atoms with Crippen LogP contribution in [0.2, 0.25) is 10.0 Å². The molecule has 0 aliphatic heterocycles. The fourth-order valence-corrected chi connectivity index (χ4v) is 2.30. The van der Waals surface area contributed by atoms with Crippen molar-refractivity contribution >= 4 is 29.2 Å². The standard InChI is InChI=1S/C17H18Cl2N2O/c1-17(2,13-5-9-15(19)10-6-13)21-16(22)20-11-12-3-7-14(18)8-4-12/h3-10H,11H2,1-2H3,(H2,20,21,22). The van der Waals surface area contributed by atoms with E-state index in [1.807, 2.05) is 50.2 Å². The Morgan fingerprint density at radius 2 is 1.45 bits per heavy atom. The van der Waals surface area contributed by atoms with E-state index in [0.717, 1.165) is 11.1 Å². The molecule has 0 fully saturated rings. The maximum atomic E-state index is 12.1. The van der Waals surface area contributed by atoms with Crippen molar-refractivity contribution in [3.8, 4) is 0 Å². The summed E-state index contributed by atoms with van der Waals surface area (Å²) in [5, 5.41) is 7.14. The van der Waals surface area contributed by atoms with Crippen LogP contribution in [0.1, 0.15) is 25.0 Å². The molecule has 0 aliphatic carbocycles. The van der Waals surface area contributed by atoms with Crippen molar-refractivity contribution in [1.29, 1.82) is 0 Å². The van der Waals surface area contributed by atoms with Gasteiger partial charge in [-0.1, -0.05) is 47.5 Å². The van der Waals surface area contributed by atoms with E-state index in [1.54, 1.807) is 12.1 Å². The second-order valence-corrected chi connectivity index (χ2v) is 6.44. The Balaban J connectivity index is 1.92. The molecule has 0 heterocycles. The predicted molar refractivity (Wildman–Crippen MR) is 91.3 cm³/mol. The van der Waals surface area contributed by atoms with E-state index in [9.17, 15) is 4.79 Å². The van der Waals surface area contributed by atoms with Gasteiger partial charge in [0.05, 0.1) is 5.54 Å². The Labute approximate surface area is 140 Å². The van der Waals surface area contributed by atoms with E-state index < -0.39 is 5.54 Å². The first-order valence-corrected chi connectivity index (χ1v) is 7.69. The van der Waals surface area contributed by atoms with Crippen LogP contribution in [0.5, 0.6) is 0 Å². The molecule has 116 valence electrons. The Morgan fingerprint density at radius 3 is 2.00 bits per heavy atom. The zero-order chi connectivity index (χ0) is 16.2. The summed E-state index contributed by atoms with van der Waals surface area (Å²) >= 11 is 11.7. The maximum Gasteiger partial charge on any atom is 0.315 e. The van der Waals surface area contributed by atoms with Gasteiger partial charge in [-0.3, -0.25) is 0 Å². The fourth-order valence-electron chi connectivity index (χ4n) is 2.05. The van der Waals surface area contributed by atoms with Gasteiger partial charge in [-0.05, 0) is 49.2 Å². The lowest BCUT2D eigenvalue weighted by atomic mass is 9.94. The molecule has 0 atom stereocenters. The highest BCUT2D eigenvalue weighted by Gasteiger charge is 2.22.